The van der Waals surface area contributed by atoms with Gasteiger partial charge >= 0.3 is 11.9 Å². The summed E-state index contributed by atoms with van der Waals surface area (Å²) in [5.74, 6) is -0.369. The number of ether oxygens (including phenoxy) is 8. The molecule has 21 unspecified atom stereocenters. The number of aliphatic hydroxyl groups is 5. The second kappa shape index (κ2) is 16.2. The van der Waals surface area contributed by atoms with E-state index in [1.807, 2.05) is 6.92 Å². The minimum absolute atomic E-state index is 0.00581. The molecule has 0 radical (unpaired) electrons. The van der Waals surface area contributed by atoms with Gasteiger partial charge in [0.1, 0.15) is 31.0 Å². The molecule has 21 atom stereocenters. The summed E-state index contributed by atoms with van der Waals surface area (Å²) in [6.45, 7) is 11.3. The van der Waals surface area contributed by atoms with Crippen molar-refractivity contribution in [1.82, 2.24) is 0 Å². The molecule has 7 fully saturated rings. The van der Waals surface area contributed by atoms with Crippen LogP contribution in [0.15, 0.2) is 11.6 Å². The fourth-order valence-corrected chi connectivity index (χ4v) is 13.2. The molecule has 15 nitrogen and oxygen atoms in total. The van der Waals surface area contributed by atoms with Gasteiger partial charge in [-0.25, -0.2) is 4.79 Å². The number of carbonyl (C=O) groups excluding carboxylic acids is 2. The highest BCUT2D eigenvalue weighted by atomic mass is 16.7. The summed E-state index contributed by atoms with van der Waals surface area (Å²) in [4.78, 5) is 24.3. The van der Waals surface area contributed by atoms with Gasteiger partial charge in [-0.15, -0.1) is 0 Å². The van der Waals surface area contributed by atoms with Crippen LogP contribution in [0.2, 0.25) is 0 Å². The average Bonchev–Trinajstić information content (AvgIpc) is 3.65. The molecule has 0 aromatic rings. The average molecular weight is 823 g/mol. The van der Waals surface area contributed by atoms with E-state index in [0.717, 1.165) is 50.5 Å². The van der Waals surface area contributed by atoms with Gasteiger partial charge in [0, 0.05) is 50.0 Å². The number of aliphatic hydroxyl groups excluding tert-OH is 4. The Balaban J connectivity index is 0.870. The third-order valence-corrected chi connectivity index (χ3v) is 16.1. The van der Waals surface area contributed by atoms with E-state index in [0.29, 0.717) is 18.3 Å². The molecular weight excluding hydrogens is 756 g/mol. The first kappa shape index (κ1) is 42.9. The highest BCUT2D eigenvalue weighted by Crippen LogP contribution is 2.70. The third kappa shape index (κ3) is 7.60. The molecule has 328 valence electrons. The SMILES string of the molecule is CC(=O)OC1CC(OC2CCC3(C)C(CCC4C3CCC3(C)C(C5=CC(=O)OC5)C(O)CC43O)C2)OC(C)C1OC1CC(O)C(OC2CC(O)C(O)C(C)O2)C(C)O1. The highest BCUT2D eigenvalue weighted by molar-refractivity contribution is 5.85. The summed E-state index contributed by atoms with van der Waals surface area (Å²) in [6.07, 6.45) is -1.56. The van der Waals surface area contributed by atoms with Gasteiger partial charge in [0.05, 0.1) is 48.3 Å². The molecule has 4 heterocycles. The summed E-state index contributed by atoms with van der Waals surface area (Å²) in [6, 6.07) is 0. The van der Waals surface area contributed by atoms with E-state index in [1.54, 1.807) is 13.8 Å². The molecule has 0 spiro atoms. The van der Waals surface area contributed by atoms with Crippen molar-refractivity contribution in [3.63, 3.8) is 0 Å². The molecule has 3 saturated heterocycles. The predicted molar refractivity (Wildman–Crippen MR) is 202 cm³/mol. The van der Waals surface area contributed by atoms with Crippen LogP contribution in [0.5, 0.6) is 0 Å². The lowest BCUT2D eigenvalue weighted by atomic mass is 9.43. The van der Waals surface area contributed by atoms with Gasteiger partial charge in [0.2, 0.25) is 0 Å². The van der Waals surface area contributed by atoms with Crippen LogP contribution in [0.3, 0.4) is 0 Å². The van der Waals surface area contributed by atoms with Crippen molar-refractivity contribution in [3.8, 4) is 0 Å². The lowest BCUT2D eigenvalue weighted by molar-refractivity contribution is -0.336. The quantitative estimate of drug-likeness (QED) is 0.176. The molecule has 15 heteroatoms. The van der Waals surface area contributed by atoms with E-state index in [1.165, 1.54) is 13.0 Å². The molecule has 0 aromatic heterocycles. The number of cyclic esters (lactones) is 1. The maximum absolute atomic E-state index is 12.6. The molecule has 0 aromatic carbocycles. The maximum Gasteiger partial charge on any atom is 0.331 e. The van der Waals surface area contributed by atoms with E-state index in [-0.39, 0.29) is 55.2 Å². The Morgan fingerprint density at radius 2 is 1.41 bits per heavy atom. The second-order valence-corrected chi connectivity index (χ2v) is 19.5. The Hall–Kier alpha value is -1.76. The summed E-state index contributed by atoms with van der Waals surface area (Å²) >= 11 is 0. The molecule has 4 aliphatic heterocycles. The summed E-state index contributed by atoms with van der Waals surface area (Å²) in [5, 5.41) is 55.4. The standard InChI is InChI=1S/C43H66O15/c1-20-38(49)29(45)15-34(52-20)57-39-21(2)53-35(16-30(39)46)58-40-22(3)54-36(17-32(40)55-23(4)44)56-26-9-11-41(5)25(14-26)7-8-28-27(41)10-12-42(6)37(24-13-33(48)51-19-24)31(47)18-43(28,42)50/h13,20-22,25-32,34-40,45-47,49-50H,7-12,14-19H2,1-6H3. The Bertz CT molecular complexity index is 1530. The molecule has 4 aliphatic carbocycles. The van der Waals surface area contributed by atoms with E-state index in [9.17, 15) is 35.1 Å². The number of esters is 2. The third-order valence-electron chi connectivity index (χ3n) is 16.1. The zero-order valence-corrected chi connectivity index (χ0v) is 34.8. The van der Waals surface area contributed by atoms with Gasteiger partial charge in [0.25, 0.3) is 0 Å². The largest absolute Gasteiger partial charge is 0.459 e. The molecule has 8 aliphatic rings. The predicted octanol–water partition coefficient (Wildman–Crippen LogP) is 2.79. The van der Waals surface area contributed by atoms with Crippen LogP contribution in [0.25, 0.3) is 0 Å². The topological polar surface area (TPSA) is 209 Å². The monoisotopic (exact) mass is 822 g/mol. The van der Waals surface area contributed by atoms with Crippen molar-refractivity contribution in [1.29, 1.82) is 0 Å². The van der Waals surface area contributed by atoms with Crippen molar-refractivity contribution in [2.24, 2.45) is 34.5 Å². The van der Waals surface area contributed by atoms with Gasteiger partial charge in [-0.1, -0.05) is 13.8 Å². The lowest BCUT2D eigenvalue weighted by Gasteiger charge is -2.63. The van der Waals surface area contributed by atoms with Crippen LogP contribution in [0.1, 0.15) is 112 Å². The number of hydrogen-bond donors (Lipinski definition) is 5. The zero-order valence-electron chi connectivity index (χ0n) is 34.8. The summed E-state index contributed by atoms with van der Waals surface area (Å²) in [7, 11) is 0. The maximum atomic E-state index is 12.6. The molecule has 0 amide bonds. The van der Waals surface area contributed by atoms with E-state index in [2.05, 4.69) is 13.8 Å². The Kier molecular flexibility index (Phi) is 12.0. The van der Waals surface area contributed by atoms with Crippen LogP contribution in [-0.4, -0.2) is 136 Å². The highest BCUT2D eigenvalue weighted by Gasteiger charge is 2.70. The van der Waals surface area contributed by atoms with Crippen molar-refractivity contribution < 1.29 is 73.0 Å². The number of carbonyl (C=O) groups is 2. The lowest BCUT2D eigenvalue weighted by Crippen LogP contribution is -2.62. The van der Waals surface area contributed by atoms with Crippen LogP contribution in [-0.2, 0) is 47.5 Å². The minimum Gasteiger partial charge on any atom is -0.459 e. The normalized spacial score (nSPS) is 53.2. The van der Waals surface area contributed by atoms with Gasteiger partial charge in [0.15, 0.2) is 18.9 Å². The molecule has 8 rings (SSSR count). The van der Waals surface area contributed by atoms with Crippen LogP contribution < -0.4 is 0 Å². The molecule has 58 heavy (non-hydrogen) atoms. The van der Waals surface area contributed by atoms with Crippen molar-refractivity contribution in [2.75, 3.05) is 6.61 Å². The first-order valence-corrected chi connectivity index (χ1v) is 21.8. The minimum atomic E-state index is -1.03. The first-order chi connectivity index (χ1) is 27.4. The van der Waals surface area contributed by atoms with E-state index in [4.69, 9.17) is 37.9 Å². The van der Waals surface area contributed by atoms with Crippen LogP contribution in [0, 0.1) is 34.5 Å². The van der Waals surface area contributed by atoms with E-state index < -0.39 is 96.9 Å². The Morgan fingerprint density at radius 3 is 2.07 bits per heavy atom. The molecule has 0 bridgehead atoms. The van der Waals surface area contributed by atoms with Gasteiger partial charge in [-0.05, 0) is 94.5 Å². The van der Waals surface area contributed by atoms with Crippen molar-refractivity contribution in [3.05, 3.63) is 11.6 Å². The number of rotatable bonds is 8. The van der Waals surface area contributed by atoms with Crippen molar-refractivity contribution >= 4 is 11.9 Å². The number of fused-ring (bicyclic) bond motifs is 5. The van der Waals surface area contributed by atoms with Gasteiger partial charge < -0.3 is 63.4 Å². The molecule has 4 saturated carbocycles. The van der Waals surface area contributed by atoms with Crippen LogP contribution in [0.4, 0.5) is 0 Å². The Labute approximate surface area is 341 Å². The second-order valence-electron chi connectivity index (χ2n) is 19.5. The zero-order chi connectivity index (χ0) is 41.5. The molecular formula is C43H66O15. The van der Waals surface area contributed by atoms with Gasteiger partial charge in [-0.3, -0.25) is 4.79 Å². The fourth-order valence-electron chi connectivity index (χ4n) is 13.2. The molecule has 5 N–H and O–H groups in total. The fraction of sp³-hybridized carbons (Fsp3) is 0.907. The van der Waals surface area contributed by atoms with Crippen molar-refractivity contribution in [2.45, 2.75) is 204 Å². The number of hydrogen-bond acceptors (Lipinski definition) is 15. The summed E-state index contributed by atoms with van der Waals surface area (Å²) in [5.41, 5.74) is -0.756. The van der Waals surface area contributed by atoms with Crippen LogP contribution >= 0.6 is 0 Å². The first-order valence-electron chi connectivity index (χ1n) is 21.8. The van der Waals surface area contributed by atoms with Gasteiger partial charge in [-0.2, -0.15) is 0 Å². The van der Waals surface area contributed by atoms with E-state index >= 15 is 0 Å². The smallest absolute Gasteiger partial charge is 0.331 e. The summed E-state index contributed by atoms with van der Waals surface area (Å²) < 4.78 is 48.4. The Morgan fingerprint density at radius 1 is 0.759 bits per heavy atom.